The lowest BCUT2D eigenvalue weighted by atomic mass is 9.88. The fraction of sp³-hybridized carbons (Fsp3) is 0.857. The van der Waals surface area contributed by atoms with Crippen LogP contribution in [-0.2, 0) is 9.59 Å². The number of hydrogen-bond donors (Lipinski definition) is 2. The van der Waals surface area contributed by atoms with Crippen molar-refractivity contribution in [3.05, 3.63) is 0 Å². The van der Waals surface area contributed by atoms with E-state index in [1.807, 2.05) is 13.8 Å². The summed E-state index contributed by atoms with van der Waals surface area (Å²) in [6.45, 7) is 4.44. The Morgan fingerprint density at radius 3 is 2.32 bits per heavy atom. The van der Waals surface area contributed by atoms with E-state index in [0.717, 1.165) is 19.3 Å². The molecule has 5 heteroatoms. The Kier molecular flexibility index (Phi) is 5.79. The first-order chi connectivity index (χ1) is 8.93. The molecule has 1 rings (SSSR count). The van der Waals surface area contributed by atoms with E-state index >= 15 is 0 Å². The van der Waals surface area contributed by atoms with Crippen LogP contribution in [0.2, 0.25) is 0 Å². The quantitative estimate of drug-likeness (QED) is 0.740. The number of hydrogen-bond acceptors (Lipinski definition) is 3. The van der Waals surface area contributed by atoms with Gasteiger partial charge in [-0.15, -0.1) is 0 Å². The summed E-state index contributed by atoms with van der Waals surface area (Å²) in [6, 6.07) is -0.708. The van der Waals surface area contributed by atoms with Gasteiger partial charge in [-0.3, -0.25) is 4.79 Å². The van der Waals surface area contributed by atoms with Gasteiger partial charge < -0.3 is 15.1 Å². The van der Waals surface area contributed by atoms with Crippen molar-refractivity contribution in [1.29, 1.82) is 0 Å². The highest BCUT2D eigenvalue weighted by molar-refractivity contribution is 5.84. The van der Waals surface area contributed by atoms with Crippen molar-refractivity contribution < 1.29 is 19.8 Å². The fourth-order valence-electron chi connectivity index (χ4n) is 2.94. The number of carbonyl (C=O) groups is 2. The highest BCUT2D eigenvalue weighted by Crippen LogP contribution is 2.27. The molecule has 1 aliphatic heterocycles. The molecule has 0 saturated carbocycles. The van der Waals surface area contributed by atoms with Crippen LogP contribution in [0.5, 0.6) is 0 Å². The highest BCUT2D eigenvalue weighted by atomic mass is 16.4. The first kappa shape index (κ1) is 16.0. The van der Waals surface area contributed by atoms with E-state index in [-0.39, 0.29) is 12.3 Å². The van der Waals surface area contributed by atoms with Gasteiger partial charge >= 0.3 is 5.97 Å². The molecule has 0 aromatic heterocycles. The van der Waals surface area contributed by atoms with Gasteiger partial charge in [-0.05, 0) is 25.7 Å². The van der Waals surface area contributed by atoms with Crippen molar-refractivity contribution in [1.82, 2.24) is 4.90 Å². The molecule has 2 N–H and O–H groups in total. The predicted molar refractivity (Wildman–Crippen MR) is 71.8 cm³/mol. The third-order valence-electron chi connectivity index (χ3n) is 3.77. The maximum absolute atomic E-state index is 12.2. The summed E-state index contributed by atoms with van der Waals surface area (Å²) in [5.74, 6) is -1.17. The monoisotopic (exact) mass is 271 g/mol. The number of likely N-dealkylation sites (tertiary alicyclic amines) is 1. The molecule has 1 fully saturated rings. The van der Waals surface area contributed by atoms with Crippen LogP contribution in [0.1, 0.15) is 58.8 Å². The number of aliphatic carboxylic acids is 1. The van der Waals surface area contributed by atoms with Gasteiger partial charge in [-0.1, -0.05) is 26.7 Å². The molecule has 1 aliphatic rings. The van der Waals surface area contributed by atoms with E-state index < -0.39 is 17.6 Å². The molecule has 0 radical (unpaired) electrons. The van der Waals surface area contributed by atoms with Crippen LogP contribution in [0, 0.1) is 0 Å². The zero-order valence-electron chi connectivity index (χ0n) is 11.9. The minimum Gasteiger partial charge on any atom is -0.480 e. The Labute approximate surface area is 114 Å². The fourth-order valence-corrected chi connectivity index (χ4v) is 2.94. The maximum atomic E-state index is 12.2. The standard InChI is InChI=1S/C14H25NO4/c1-3-7-14(19,8-4-2)10-12(16)15-9-5-6-11(15)13(17)18/h11,19H,3-10H2,1-2H3,(H,17,18)/t11-/m1/s1. The van der Waals surface area contributed by atoms with Crippen LogP contribution >= 0.6 is 0 Å². The smallest absolute Gasteiger partial charge is 0.326 e. The van der Waals surface area contributed by atoms with E-state index in [1.54, 1.807) is 0 Å². The Morgan fingerprint density at radius 2 is 1.84 bits per heavy atom. The molecular weight excluding hydrogens is 246 g/mol. The summed E-state index contributed by atoms with van der Waals surface area (Å²) in [4.78, 5) is 24.7. The first-order valence-corrected chi connectivity index (χ1v) is 7.18. The van der Waals surface area contributed by atoms with Gasteiger partial charge in [0.25, 0.3) is 0 Å². The number of carboxylic acid groups (broad SMARTS) is 1. The van der Waals surface area contributed by atoms with Crippen LogP contribution in [0.4, 0.5) is 0 Å². The average molecular weight is 271 g/mol. The van der Waals surface area contributed by atoms with Crippen molar-refractivity contribution in [3.8, 4) is 0 Å². The van der Waals surface area contributed by atoms with Crippen molar-refractivity contribution in [2.45, 2.75) is 70.4 Å². The average Bonchev–Trinajstić information content (AvgIpc) is 2.77. The summed E-state index contributed by atoms with van der Waals surface area (Å²) >= 11 is 0. The molecule has 1 saturated heterocycles. The molecule has 0 aliphatic carbocycles. The molecule has 0 bridgehead atoms. The molecule has 0 aromatic carbocycles. The molecule has 0 unspecified atom stereocenters. The molecule has 19 heavy (non-hydrogen) atoms. The Bertz CT molecular complexity index is 323. The van der Waals surface area contributed by atoms with Crippen molar-refractivity contribution in [2.75, 3.05) is 6.54 Å². The summed E-state index contributed by atoms with van der Waals surface area (Å²) in [6.07, 6.45) is 4.07. The van der Waals surface area contributed by atoms with Gasteiger partial charge in [0.15, 0.2) is 0 Å². The normalized spacial score (nSPS) is 19.7. The molecule has 0 aromatic rings. The second-order valence-corrected chi connectivity index (χ2v) is 5.48. The minimum absolute atomic E-state index is 0.0401. The molecule has 0 spiro atoms. The summed E-state index contributed by atoms with van der Waals surface area (Å²) < 4.78 is 0. The van der Waals surface area contributed by atoms with Crippen molar-refractivity contribution in [3.63, 3.8) is 0 Å². The molecule has 1 amide bonds. The number of amides is 1. The number of rotatable bonds is 7. The van der Waals surface area contributed by atoms with Gasteiger partial charge in [0.2, 0.25) is 5.91 Å². The van der Waals surface area contributed by atoms with Crippen LogP contribution < -0.4 is 0 Å². The SMILES string of the molecule is CCCC(O)(CCC)CC(=O)N1CCC[C@@H]1C(=O)O. The third-order valence-corrected chi connectivity index (χ3v) is 3.77. The van der Waals surface area contributed by atoms with E-state index in [0.29, 0.717) is 25.8 Å². The number of nitrogens with zero attached hydrogens (tertiary/aromatic N) is 1. The van der Waals surface area contributed by atoms with E-state index in [2.05, 4.69) is 0 Å². The Hall–Kier alpha value is -1.10. The lowest BCUT2D eigenvalue weighted by molar-refractivity contribution is -0.150. The second kappa shape index (κ2) is 6.89. The third kappa shape index (κ3) is 4.20. The molecular formula is C14H25NO4. The minimum atomic E-state index is -0.980. The van der Waals surface area contributed by atoms with Crippen molar-refractivity contribution in [2.24, 2.45) is 0 Å². The Balaban J connectivity index is 2.68. The summed E-state index contributed by atoms with van der Waals surface area (Å²) in [7, 11) is 0. The zero-order valence-corrected chi connectivity index (χ0v) is 11.9. The summed E-state index contributed by atoms with van der Waals surface area (Å²) in [5.41, 5.74) is -0.980. The zero-order chi connectivity index (χ0) is 14.5. The first-order valence-electron chi connectivity index (χ1n) is 7.18. The molecule has 1 atom stereocenters. The molecule has 5 nitrogen and oxygen atoms in total. The largest absolute Gasteiger partial charge is 0.480 e. The van der Waals surface area contributed by atoms with Gasteiger partial charge in [-0.2, -0.15) is 0 Å². The van der Waals surface area contributed by atoms with Gasteiger partial charge in [0, 0.05) is 6.54 Å². The second-order valence-electron chi connectivity index (χ2n) is 5.48. The lowest BCUT2D eigenvalue weighted by Gasteiger charge is -2.30. The van der Waals surface area contributed by atoms with E-state index in [9.17, 15) is 14.7 Å². The van der Waals surface area contributed by atoms with Crippen molar-refractivity contribution >= 4 is 11.9 Å². The number of carboxylic acids is 1. The Morgan fingerprint density at radius 1 is 1.26 bits per heavy atom. The van der Waals surface area contributed by atoms with Gasteiger partial charge in [-0.25, -0.2) is 4.79 Å². The van der Waals surface area contributed by atoms with E-state index in [1.165, 1.54) is 4.90 Å². The number of aliphatic hydroxyl groups is 1. The highest BCUT2D eigenvalue weighted by Gasteiger charge is 2.37. The van der Waals surface area contributed by atoms with Crippen LogP contribution in [0.15, 0.2) is 0 Å². The lowest BCUT2D eigenvalue weighted by Crippen LogP contribution is -2.44. The topological polar surface area (TPSA) is 77.8 Å². The van der Waals surface area contributed by atoms with Gasteiger partial charge in [0.05, 0.1) is 12.0 Å². The predicted octanol–water partition coefficient (Wildman–Crippen LogP) is 1.78. The molecule has 1 heterocycles. The molecule has 110 valence electrons. The number of carbonyl (C=O) groups excluding carboxylic acids is 1. The maximum Gasteiger partial charge on any atom is 0.326 e. The van der Waals surface area contributed by atoms with Gasteiger partial charge in [0.1, 0.15) is 6.04 Å². The van der Waals surface area contributed by atoms with Crippen LogP contribution in [-0.4, -0.2) is 45.2 Å². The van der Waals surface area contributed by atoms with E-state index in [4.69, 9.17) is 5.11 Å². The summed E-state index contributed by atoms with van der Waals surface area (Å²) in [5, 5.41) is 19.6. The van der Waals surface area contributed by atoms with Crippen LogP contribution in [0.3, 0.4) is 0 Å². The van der Waals surface area contributed by atoms with Crippen LogP contribution in [0.25, 0.3) is 0 Å².